The highest BCUT2D eigenvalue weighted by molar-refractivity contribution is 5.49. The smallest absolute Gasteiger partial charge is 0.161 e. The van der Waals surface area contributed by atoms with Crippen LogP contribution in [0.1, 0.15) is 43.9 Å². The van der Waals surface area contributed by atoms with Gasteiger partial charge in [0.25, 0.3) is 0 Å². The summed E-state index contributed by atoms with van der Waals surface area (Å²) >= 11 is 0. The van der Waals surface area contributed by atoms with Gasteiger partial charge in [0.2, 0.25) is 0 Å². The molecule has 4 nitrogen and oxygen atoms in total. The Hall–Kier alpha value is -1.33. The summed E-state index contributed by atoms with van der Waals surface area (Å²) in [5.41, 5.74) is 2.64. The molecule has 0 bridgehead atoms. The van der Waals surface area contributed by atoms with Crippen molar-refractivity contribution < 1.29 is 18.6 Å². The average molecular weight is 364 g/mol. The highest BCUT2D eigenvalue weighted by Gasteiger charge is 2.40. The zero-order chi connectivity index (χ0) is 18.7. The van der Waals surface area contributed by atoms with Crippen LogP contribution in [0.5, 0.6) is 11.5 Å². The number of ether oxygens (including phenoxy) is 3. The van der Waals surface area contributed by atoms with Gasteiger partial charge in [-0.15, -0.1) is 0 Å². The monoisotopic (exact) mass is 364 g/mol. The summed E-state index contributed by atoms with van der Waals surface area (Å²) < 4.78 is 29.7. The zero-order valence-corrected chi connectivity index (χ0v) is 16.5. The van der Waals surface area contributed by atoms with Crippen molar-refractivity contribution in [1.82, 2.24) is 4.90 Å². The maximum atomic E-state index is 12.7. The predicted molar refractivity (Wildman–Crippen MR) is 101 cm³/mol. The van der Waals surface area contributed by atoms with Crippen LogP contribution in [0.4, 0.5) is 4.39 Å². The second kappa shape index (κ2) is 8.57. The summed E-state index contributed by atoms with van der Waals surface area (Å²) in [5, 5.41) is 0. The Bertz CT molecular complexity index is 607. The lowest BCUT2D eigenvalue weighted by Gasteiger charge is -2.47. The van der Waals surface area contributed by atoms with Gasteiger partial charge in [-0.2, -0.15) is 0 Å². The quantitative estimate of drug-likeness (QED) is 0.731. The Kier molecular flexibility index (Phi) is 6.41. The van der Waals surface area contributed by atoms with Crippen LogP contribution < -0.4 is 9.47 Å². The topological polar surface area (TPSA) is 30.9 Å². The van der Waals surface area contributed by atoms with Crippen molar-refractivity contribution in [1.29, 1.82) is 0 Å². The molecule has 26 heavy (non-hydrogen) atoms. The van der Waals surface area contributed by atoms with Crippen LogP contribution in [0.2, 0.25) is 0 Å². The second-order valence-electron chi connectivity index (χ2n) is 7.89. The molecule has 0 N–H and O–H groups in total. The van der Waals surface area contributed by atoms with Crippen LogP contribution in [-0.2, 0) is 11.2 Å². The summed E-state index contributed by atoms with van der Waals surface area (Å²) in [6.07, 6.45) is 3.18. The van der Waals surface area contributed by atoms with Gasteiger partial charge in [-0.3, -0.25) is 4.90 Å². The lowest BCUT2D eigenvalue weighted by atomic mass is 9.79. The average Bonchev–Trinajstić information content (AvgIpc) is 2.64. The summed E-state index contributed by atoms with van der Waals surface area (Å²) in [6.45, 7) is 6.36. The summed E-state index contributed by atoms with van der Waals surface area (Å²) in [5.74, 6) is 2.66. The summed E-state index contributed by atoms with van der Waals surface area (Å²) in [4.78, 5) is 2.58. The number of hydrogen-bond acceptors (Lipinski definition) is 4. The Morgan fingerprint density at radius 3 is 2.58 bits per heavy atom. The molecule has 3 rings (SSSR count). The summed E-state index contributed by atoms with van der Waals surface area (Å²) in [7, 11) is 3.36. The fourth-order valence-corrected chi connectivity index (χ4v) is 4.64. The van der Waals surface area contributed by atoms with Crippen LogP contribution in [-0.4, -0.2) is 51.6 Å². The molecule has 1 aromatic carbocycles. The van der Waals surface area contributed by atoms with E-state index >= 15 is 0 Å². The van der Waals surface area contributed by atoms with Crippen molar-refractivity contribution in [3.8, 4) is 11.5 Å². The molecular formula is C21H32FNO3. The highest BCUT2D eigenvalue weighted by Crippen LogP contribution is 2.44. The van der Waals surface area contributed by atoms with E-state index in [4.69, 9.17) is 14.2 Å². The third-order valence-electron chi connectivity index (χ3n) is 5.75. The largest absolute Gasteiger partial charge is 0.493 e. The number of benzene rings is 1. The van der Waals surface area contributed by atoms with Gasteiger partial charge in [-0.25, -0.2) is 4.39 Å². The van der Waals surface area contributed by atoms with Crippen molar-refractivity contribution in [2.75, 3.05) is 40.6 Å². The van der Waals surface area contributed by atoms with Gasteiger partial charge in [0.15, 0.2) is 11.5 Å². The number of fused-ring (bicyclic) bond motifs is 3. The van der Waals surface area contributed by atoms with E-state index in [1.165, 1.54) is 11.1 Å². The van der Waals surface area contributed by atoms with Gasteiger partial charge in [-0.05, 0) is 54.4 Å². The first-order chi connectivity index (χ1) is 12.6. The SMILES string of the molecule is COc1cc2c(cc1OC)[C@@H]1C[C@H](OCC[18F])[C@@H](CC(C)C)CN1CC2. The number of alkyl halides is 1. The van der Waals surface area contributed by atoms with Crippen molar-refractivity contribution in [3.63, 3.8) is 0 Å². The standard InChI is InChI=1S/C21H32FNO3/c1-14(2)9-16-13-23-7-5-15-10-20(24-3)21(25-4)11-17(15)18(23)12-19(16)26-8-6-22/h10-11,14,16,18-19H,5-9,12-13H2,1-4H3/t16-,18-,19-/m0/s1/i22-1. The van der Waals surface area contributed by atoms with Crippen molar-refractivity contribution >= 4 is 0 Å². The van der Waals surface area contributed by atoms with Crippen LogP contribution in [0, 0.1) is 11.8 Å². The van der Waals surface area contributed by atoms with E-state index in [2.05, 4.69) is 30.9 Å². The van der Waals surface area contributed by atoms with Gasteiger partial charge in [0.05, 0.1) is 26.9 Å². The van der Waals surface area contributed by atoms with Crippen molar-refractivity contribution in [2.24, 2.45) is 11.8 Å². The molecule has 0 aromatic heterocycles. The lowest BCUT2D eigenvalue weighted by Crippen LogP contribution is -2.49. The molecule has 2 heterocycles. The Morgan fingerprint density at radius 2 is 1.92 bits per heavy atom. The number of methoxy groups -OCH3 is 2. The van der Waals surface area contributed by atoms with E-state index in [1.54, 1.807) is 14.2 Å². The summed E-state index contributed by atoms with van der Waals surface area (Å²) in [6, 6.07) is 4.55. The first-order valence-electron chi connectivity index (χ1n) is 9.73. The minimum Gasteiger partial charge on any atom is -0.493 e. The molecular weight excluding hydrogens is 332 g/mol. The molecule has 1 fully saturated rings. The molecule has 146 valence electrons. The molecule has 5 heteroatoms. The van der Waals surface area contributed by atoms with E-state index < -0.39 is 6.67 Å². The van der Waals surface area contributed by atoms with Crippen molar-refractivity contribution in [3.05, 3.63) is 23.3 Å². The Balaban J connectivity index is 1.87. The molecule has 0 saturated carbocycles. The van der Waals surface area contributed by atoms with Gasteiger partial charge in [-0.1, -0.05) is 13.8 Å². The number of halogens is 1. The zero-order valence-electron chi connectivity index (χ0n) is 16.5. The lowest BCUT2D eigenvalue weighted by molar-refractivity contribution is -0.0664. The van der Waals surface area contributed by atoms with Crippen LogP contribution in [0.15, 0.2) is 12.1 Å². The minimum atomic E-state index is -0.416. The number of piperidine rings is 1. The van der Waals surface area contributed by atoms with Gasteiger partial charge in [0, 0.05) is 19.1 Å². The first-order valence-corrected chi connectivity index (χ1v) is 9.73. The minimum absolute atomic E-state index is 0.119. The molecule has 0 amide bonds. The molecule has 0 unspecified atom stereocenters. The molecule has 0 spiro atoms. The molecule has 2 aliphatic rings. The van der Waals surface area contributed by atoms with E-state index in [0.29, 0.717) is 17.9 Å². The van der Waals surface area contributed by atoms with Crippen LogP contribution >= 0.6 is 0 Å². The fourth-order valence-electron chi connectivity index (χ4n) is 4.64. The third-order valence-corrected chi connectivity index (χ3v) is 5.75. The van der Waals surface area contributed by atoms with E-state index in [9.17, 15) is 4.39 Å². The maximum Gasteiger partial charge on any atom is 0.161 e. The third kappa shape index (κ3) is 3.99. The van der Waals surface area contributed by atoms with Gasteiger partial charge in [0.1, 0.15) is 6.67 Å². The molecule has 3 atom stereocenters. The molecule has 2 aliphatic heterocycles. The van der Waals surface area contributed by atoms with Crippen molar-refractivity contribution in [2.45, 2.75) is 45.3 Å². The van der Waals surface area contributed by atoms with Crippen LogP contribution in [0.3, 0.4) is 0 Å². The number of rotatable bonds is 7. The molecule has 1 saturated heterocycles. The second-order valence-corrected chi connectivity index (χ2v) is 7.89. The van der Waals surface area contributed by atoms with E-state index in [0.717, 1.165) is 43.9 Å². The molecule has 0 radical (unpaired) electrons. The molecule has 1 aromatic rings. The van der Waals surface area contributed by atoms with Gasteiger partial charge >= 0.3 is 0 Å². The predicted octanol–water partition coefficient (Wildman–Crippen LogP) is 4.02. The van der Waals surface area contributed by atoms with E-state index in [-0.39, 0.29) is 12.7 Å². The fraction of sp³-hybridized carbons (Fsp3) is 0.714. The highest BCUT2D eigenvalue weighted by atomic mass is 18.2. The first kappa shape index (κ1) is 19.4. The van der Waals surface area contributed by atoms with Gasteiger partial charge < -0.3 is 14.2 Å². The van der Waals surface area contributed by atoms with Crippen LogP contribution in [0.25, 0.3) is 0 Å². The Morgan fingerprint density at radius 1 is 1.19 bits per heavy atom. The normalized spacial score (nSPS) is 25.7. The number of nitrogens with zero attached hydrogens (tertiary/aromatic N) is 1. The maximum absolute atomic E-state index is 12.7. The Labute approximate surface area is 156 Å². The molecule has 0 aliphatic carbocycles. The number of hydrogen-bond donors (Lipinski definition) is 0. The van der Waals surface area contributed by atoms with E-state index in [1.807, 2.05) is 0 Å².